The predicted molar refractivity (Wildman–Crippen MR) is 65.0 cm³/mol. The summed E-state index contributed by atoms with van der Waals surface area (Å²) in [5.74, 6) is -0.695. The third kappa shape index (κ3) is 4.17. The van der Waals surface area contributed by atoms with E-state index in [0.717, 1.165) is 12.2 Å². The third-order valence-electron chi connectivity index (χ3n) is 2.00. The van der Waals surface area contributed by atoms with Gasteiger partial charge < -0.3 is 19.9 Å². The van der Waals surface area contributed by atoms with Gasteiger partial charge in [0.25, 0.3) is 0 Å². The molecule has 0 spiro atoms. The van der Waals surface area contributed by atoms with E-state index in [-0.39, 0.29) is 0 Å². The molecular formula is C12H13NO5. The molecule has 0 aliphatic carbocycles. The number of carboxylic acid groups (broad SMARTS) is 1. The van der Waals surface area contributed by atoms with Crippen molar-refractivity contribution in [2.45, 2.75) is 0 Å². The lowest BCUT2D eigenvalue weighted by molar-refractivity contribution is -0.131. The molecule has 1 amide bonds. The highest BCUT2D eigenvalue weighted by Crippen LogP contribution is 2.25. The molecule has 2 N–H and O–H groups in total. The molecule has 0 bridgehead atoms. The van der Waals surface area contributed by atoms with E-state index < -0.39 is 11.9 Å². The average Bonchev–Trinajstić information content (AvgIpc) is 2.35. The summed E-state index contributed by atoms with van der Waals surface area (Å²) in [6.45, 7) is 0. The number of rotatable bonds is 5. The first-order valence-electron chi connectivity index (χ1n) is 5.00. The summed E-state index contributed by atoms with van der Waals surface area (Å²) in [5.41, 5.74) is 0.450. The maximum absolute atomic E-state index is 11.4. The number of nitrogens with one attached hydrogen (secondary N) is 1. The van der Waals surface area contributed by atoms with Crippen molar-refractivity contribution in [2.24, 2.45) is 0 Å². The van der Waals surface area contributed by atoms with Crippen LogP contribution in [0.25, 0.3) is 0 Å². The number of amides is 1. The second kappa shape index (κ2) is 6.29. The van der Waals surface area contributed by atoms with Crippen LogP contribution in [0.15, 0.2) is 30.4 Å². The Hall–Kier alpha value is -2.50. The number of benzene rings is 1. The lowest BCUT2D eigenvalue weighted by Crippen LogP contribution is -2.09. The first kappa shape index (κ1) is 13.6. The minimum Gasteiger partial charge on any atom is -0.497 e. The van der Waals surface area contributed by atoms with Crippen LogP contribution in [-0.2, 0) is 9.59 Å². The molecule has 1 rings (SSSR count). The maximum atomic E-state index is 11.4. The smallest absolute Gasteiger partial charge is 0.328 e. The first-order valence-corrected chi connectivity index (χ1v) is 5.00. The third-order valence-corrected chi connectivity index (χ3v) is 2.00. The fourth-order valence-corrected chi connectivity index (χ4v) is 1.21. The van der Waals surface area contributed by atoms with Gasteiger partial charge in [-0.25, -0.2) is 4.79 Å². The SMILES string of the molecule is COc1cc(NC(=O)C=CC(=O)O)cc(OC)c1. The Labute approximate surface area is 104 Å². The van der Waals surface area contributed by atoms with Gasteiger partial charge in [0.05, 0.1) is 14.2 Å². The molecule has 6 heteroatoms. The van der Waals surface area contributed by atoms with E-state index in [4.69, 9.17) is 14.6 Å². The second-order valence-electron chi connectivity index (χ2n) is 3.26. The van der Waals surface area contributed by atoms with E-state index in [1.54, 1.807) is 18.2 Å². The van der Waals surface area contributed by atoms with Crippen LogP contribution >= 0.6 is 0 Å². The van der Waals surface area contributed by atoms with Gasteiger partial charge in [-0.05, 0) is 0 Å². The zero-order valence-corrected chi connectivity index (χ0v) is 9.97. The van der Waals surface area contributed by atoms with Gasteiger partial charge >= 0.3 is 5.97 Å². The van der Waals surface area contributed by atoms with Crippen molar-refractivity contribution >= 4 is 17.6 Å². The van der Waals surface area contributed by atoms with Gasteiger partial charge in [-0.2, -0.15) is 0 Å². The highest BCUT2D eigenvalue weighted by molar-refractivity contribution is 6.02. The van der Waals surface area contributed by atoms with Crippen molar-refractivity contribution in [3.63, 3.8) is 0 Å². The Kier molecular flexibility index (Phi) is 4.74. The number of anilines is 1. The minimum atomic E-state index is -1.19. The van der Waals surface area contributed by atoms with Crippen LogP contribution in [0.1, 0.15) is 0 Å². The zero-order valence-electron chi connectivity index (χ0n) is 9.97. The molecule has 6 nitrogen and oxygen atoms in total. The fourth-order valence-electron chi connectivity index (χ4n) is 1.21. The Balaban J connectivity index is 2.83. The van der Waals surface area contributed by atoms with Crippen molar-refractivity contribution in [1.29, 1.82) is 0 Å². The topological polar surface area (TPSA) is 84.9 Å². The summed E-state index contributed by atoms with van der Waals surface area (Å²) >= 11 is 0. The molecule has 1 aromatic carbocycles. The molecule has 0 fully saturated rings. The number of aliphatic carboxylic acids is 1. The van der Waals surface area contributed by atoms with Crippen molar-refractivity contribution in [2.75, 3.05) is 19.5 Å². The quantitative estimate of drug-likeness (QED) is 0.770. The van der Waals surface area contributed by atoms with Gasteiger partial charge in [0.15, 0.2) is 0 Å². The summed E-state index contributed by atoms with van der Waals surface area (Å²) in [6.07, 6.45) is 1.68. The Morgan fingerprint density at radius 3 is 2.11 bits per heavy atom. The molecule has 0 aliphatic heterocycles. The standard InChI is InChI=1S/C12H13NO5/c1-17-9-5-8(6-10(7-9)18-2)13-11(14)3-4-12(15)16/h3-7H,1-2H3,(H,13,14)(H,15,16). The van der Waals surface area contributed by atoms with Crippen molar-refractivity contribution in [1.82, 2.24) is 0 Å². The monoisotopic (exact) mass is 251 g/mol. The van der Waals surface area contributed by atoms with Gasteiger partial charge in [0.2, 0.25) is 5.91 Å². The molecule has 0 atom stereocenters. The molecule has 0 aromatic heterocycles. The Morgan fingerprint density at radius 1 is 1.11 bits per heavy atom. The van der Waals surface area contributed by atoms with Crippen molar-refractivity contribution in [3.05, 3.63) is 30.4 Å². The number of methoxy groups -OCH3 is 2. The van der Waals surface area contributed by atoms with Crippen LogP contribution in [0.4, 0.5) is 5.69 Å². The van der Waals surface area contributed by atoms with E-state index in [9.17, 15) is 9.59 Å². The van der Waals surface area contributed by atoms with Crippen molar-refractivity contribution in [3.8, 4) is 11.5 Å². The molecule has 0 radical (unpaired) electrons. The van der Waals surface area contributed by atoms with Crippen LogP contribution in [-0.4, -0.2) is 31.2 Å². The van der Waals surface area contributed by atoms with Gasteiger partial charge in [-0.3, -0.25) is 4.79 Å². The Bertz CT molecular complexity index is 459. The molecule has 0 heterocycles. The molecule has 18 heavy (non-hydrogen) atoms. The fraction of sp³-hybridized carbons (Fsp3) is 0.167. The van der Waals surface area contributed by atoms with Crippen LogP contribution in [0.3, 0.4) is 0 Å². The number of hydrogen-bond acceptors (Lipinski definition) is 4. The van der Waals surface area contributed by atoms with Gasteiger partial charge in [0, 0.05) is 36.0 Å². The largest absolute Gasteiger partial charge is 0.497 e. The van der Waals surface area contributed by atoms with E-state index in [0.29, 0.717) is 17.2 Å². The normalized spacial score (nSPS) is 10.1. The van der Waals surface area contributed by atoms with Crippen molar-refractivity contribution < 1.29 is 24.2 Å². The molecule has 0 unspecified atom stereocenters. The van der Waals surface area contributed by atoms with Crippen LogP contribution in [0, 0.1) is 0 Å². The van der Waals surface area contributed by atoms with Crippen LogP contribution < -0.4 is 14.8 Å². The van der Waals surface area contributed by atoms with E-state index in [1.807, 2.05) is 0 Å². The number of carboxylic acids is 1. The zero-order chi connectivity index (χ0) is 13.5. The summed E-state index contributed by atoms with van der Waals surface area (Å²) in [7, 11) is 2.98. The number of hydrogen-bond donors (Lipinski definition) is 2. The summed E-state index contributed by atoms with van der Waals surface area (Å²) in [6, 6.07) is 4.84. The molecule has 0 saturated heterocycles. The molecule has 0 saturated carbocycles. The van der Waals surface area contributed by atoms with Gasteiger partial charge in [-0.1, -0.05) is 0 Å². The maximum Gasteiger partial charge on any atom is 0.328 e. The predicted octanol–water partition coefficient (Wildman–Crippen LogP) is 1.28. The number of ether oxygens (including phenoxy) is 2. The summed E-state index contributed by atoms with van der Waals surface area (Å²) < 4.78 is 10.1. The highest BCUT2D eigenvalue weighted by Gasteiger charge is 2.04. The van der Waals surface area contributed by atoms with Crippen LogP contribution in [0.2, 0.25) is 0 Å². The highest BCUT2D eigenvalue weighted by atomic mass is 16.5. The number of carbonyl (C=O) groups excluding carboxylic acids is 1. The van der Waals surface area contributed by atoms with E-state index in [1.165, 1.54) is 14.2 Å². The lowest BCUT2D eigenvalue weighted by Gasteiger charge is -2.08. The van der Waals surface area contributed by atoms with Crippen LogP contribution in [0.5, 0.6) is 11.5 Å². The number of carbonyl (C=O) groups is 2. The summed E-state index contributed by atoms with van der Waals surface area (Å²) in [4.78, 5) is 21.6. The molecule has 0 aliphatic rings. The molecule has 1 aromatic rings. The van der Waals surface area contributed by atoms with Gasteiger partial charge in [0.1, 0.15) is 11.5 Å². The van der Waals surface area contributed by atoms with E-state index in [2.05, 4.69) is 5.32 Å². The Morgan fingerprint density at radius 2 is 1.67 bits per heavy atom. The average molecular weight is 251 g/mol. The second-order valence-corrected chi connectivity index (χ2v) is 3.26. The minimum absolute atomic E-state index is 0.450. The molecule has 96 valence electrons. The lowest BCUT2D eigenvalue weighted by atomic mass is 10.2. The molecular weight excluding hydrogens is 238 g/mol. The van der Waals surface area contributed by atoms with Gasteiger partial charge in [-0.15, -0.1) is 0 Å². The van der Waals surface area contributed by atoms with E-state index >= 15 is 0 Å². The summed E-state index contributed by atoms with van der Waals surface area (Å²) in [5, 5.41) is 10.9. The first-order chi connectivity index (χ1) is 8.55.